The van der Waals surface area contributed by atoms with Crippen molar-refractivity contribution in [2.45, 2.75) is 0 Å². The summed E-state index contributed by atoms with van der Waals surface area (Å²) in [4.78, 5) is 20.1. The minimum atomic E-state index is 0.435. The van der Waals surface area contributed by atoms with E-state index in [9.17, 15) is 5.26 Å². The molecule has 0 fully saturated rings. The second-order valence-corrected chi connectivity index (χ2v) is 18.5. The molecular formula is C65H35N7O2. The first-order valence-electron chi connectivity index (χ1n) is 24.3. The number of furan rings is 2. The number of nitriles is 1. The van der Waals surface area contributed by atoms with Crippen molar-refractivity contribution < 1.29 is 8.83 Å². The van der Waals surface area contributed by atoms with Gasteiger partial charge in [-0.25, -0.2) is 19.8 Å². The number of fused-ring (bicyclic) bond motifs is 14. The quantitative estimate of drug-likeness (QED) is 0.154. The third-order valence-electron chi connectivity index (χ3n) is 14.4. The predicted molar refractivity (Wildman–Crippen MR) is 296 cm³/mol. The van der Waals surface area contributed by atoms with Gasteiger partial charge in [0.1, 0.15) is 22.3 Å². The number of nitrogens with zero attached hydrogens (tertiary/aromatic N) is 7. The molecule has 0 spiro atoms. The third-order valence-corrected chi connectivity index (χ3v) is 14.4. The van der Waals surface area contributed by atoms with Crippen LogP contribution >= 0.6 is 0 Å². The second kappa shape index (κ2) is 16.0. The van der Waals surface area contributed by atoms with Crippen molar-refractivity contribution in [3.05, 3.63) is 229 Å². The average Bonchev–Trinajstić information content (AvgIpc) is 4.28. The highest BCUT2D eigenvalue weighted by atomic mass is 16.3. The van der Waals surface area contributed by atoms with Crippen LogP contribution in [0.4, 0.5) is 5.69 Å². The third kappa shape index (κ3) is 6.11. The Labute approximate surface area is 421 Å². The van der Waals surface area contributed by atoms with Gasteiger partial charge in [-0.1, -0.05) is 133 Å². The van der Waals surface area contributed by atoms with E-state index in [1.807, 2.05) is 115 Å². The van der Waals surface area contributed by atoms with E-state index < -0.39 is 0 Å². The summed E-state index contributed by atoms with van der Waals surface area (Å²) in [6.07, 6.45) is 0. The number of benzene rings is 10. The highest BCUT2D eigenvalue weighted by Crippen LogP contribution is 2.45. The lowest BCUT2D eigenvalue weighted by atomic mass is 10.00. The lowest BCUT2D eigenvalue weighted by molar-refractivity contribution is 0.672. The zero-order chi connectivity index (χ0) is 49.0. The van der Waals surface area contributed by atoms with Crippen LogP contribution in [0.15, 0.2) is 221 Å². The Bertz CT molecular complexity index is 4930. The van der Waals surface area contributed by atoms with Crippen molar-refractivity contribution in [2.24, 2.45) is 0 Å². The standard InChI is InChI=1S/C65H35N7O2/c1-67-42-28-30-50(56(36-42)72-52-20-10-6-18-48(52)60-54(72)34-32-46-44-16-8-12-22-58(44)74-62(46)60)65-69-63(40-13-3-2-4-14-40)68-64(70-65)49-29-27-41(39-25-23-38(37-66)24-26-39)35-55(49)71-51-19-9-5-17-47(51)59-53(71)33-31-45-43-15-7-11-21-57(43)73-61(45)59/h2-36H. The Morgan fingerprint density at radius 1 is 0.405 bits per heavy atom. The highest BCUT2D eigenvalue weighted by Gasteiger charge is 2.26. The summed E-state index contributed by atoms with van der Waals surface area (Å²) < 4.78 is 17.9. The van der Waals surface area contributed by atoms with Crippen molar-refractivity contribution >= 4 is 93.2 Å². The maximum Gasteiger partial charge on any atom is 0.189 e. The zero-order valence-corrected chi connectivity index (χ0v) is 39.2. The van der Waals surface area contributed by atoms with E-state index in [0.717, 1.165) is 121 Å². The Kier molecular flexibility index (Phi) is 8.88. The molecule has 0 saturated heterocycles. The fraction of sp³-hybridized carbons (Fsp3) is 0. The first kappa shape index (κ1) is 41.2. The van der Waals surface area contributed by atoms with Crippen molar-refractivity contribution in [3.8, 4) is 62.7 Å². The van der Waals surface area contributed by atoms with Crippen LogP contribution < -0.4 is 0 Å². The molecule has 342 valence electrons. The van der Waals surface area contributed by atoms with Gasteiger partial charge >= 0.3 is 0 Å². The van der Waals surface area contributed by atoms with Gasteiger partial charge in [0, 0.05) is 54.7 Å². The average molecular weight is 946 g/mol. The maximum atomic E-state index is 9.72. The van der Waals surface area contributed by atoms with Gasteiger partial charge < -0.3 is 18.0 Å². The molecule has 0 unspecified atom stereocenters. The Balaban J connectivity index is 1.02. The van der Waals surface area contributed by atoms with E-state index in [4.69, 9.17) is 30.4 Å². The van der Waals surface area contributed by atoms with Gasteiger partial charge in [0.2, 0.25) is 0 Å². The Morgan fingerprint density at radius 3 is 1.46 bits per heavy atom. The van der Waals surface area contributed by atoms with Gasteiger partial charge in [-0.05, 0) is 90.0 Å². The zero-order valence-electron chi connectivity index (χ0n) is 39.2. The molecule has 0 radical (unpaired) electrons. The molecule has 0 aliphatic rings. The Morgan fingerprint density at radius 2 is 0.892 bits per heavy atom. The molecule has 0 saturated carbocycles. The van der Waals surface area contributed by atoms with Crippen LogP contribution in [0.3, 0.4) is 0 Å². The van der Waals surface area contributed by atoms with E-state index in [1.165, 1.54) is 0 Å². The van der Waals surface area contributed by atoms with Crippen molar-refractivity contribution in [1.29, 1.82) is 5.26 Å². The van der Waals surface area contributed by atoms with Crippen LogP contribution in [-0.4, -0.2) is 24.1 Å². The lowest BCUT2D eigenvalue weighted by Gasteiger charge is -2.18. The van der Waals surface area contributed by atoms with Gasteiger partial charge in [-0.15, -0.1) is 0 Å². The molecule has 15 aromatic rings. The van der Waals surface area contributed by atoms with E-state index >= 15 is 0 Å². The normalized spacial score (nSPS) is 11.8. The minimum absolute atomic E-state index is 0.435. The molecule has 0 aliphatic carbocycles. The van der Waals surface area contributed by atoms with E-state index in [1.54, 1.807) is 0 Å². The molecule has 0 atom stereocenters. The van der Waals surface area contributed by atoms with Crippen molar-refractivity contribution in [1.82, 2.24) is 24.1 Å². The van der Waals surface area contributed by atoms with E-state index in [0.29, 0.717) is 34.3 Å². The van der Waals surface area contributed by atoms with Gasteiger partial charge in [0.15, 0.2) is 23.2 Å². The second-order valence-electron chi connectivity index (χ2n) is 18.5. The fourth-order valence-electron chi connectivity index (χ4n) is 11.1. The van der Waals surface area contributed by atoms with Crippen LogP contribution in [0.25, 0.3) is 149 Å². The maximum absolute atomic E-state index is 9.72. The van der Waals surface area contributed by atoms with Crippen molar-refractivity contribution in [3.63, 3.8) is 0 Å². The molecule has 5 aromatic heterocycles. The Hall–Kier alpha value is -10.6. The summed E-state index contributed by atoms with van der Waals surface area (Å²) >= 11 is 0. The molecule has 15 rings (SSSR count). The summed E-state index contributed by atoms with van der Waals surface area (Å²) in [5.41, 5.74) is 13.9. The molecule has 0 amide bonds. The minimum Gasteiger partial charge on any atom is -0.455 e. The summed E-state index contributed by atoms with van der Waals surface area (Å²) in [6.45, 7) is 8.25. The number of rotatable bonds is 6. The summed E-state index contributed by atoms with van der Waals surface area (Å²) in [5, 5.41) is 17.9. The van der Waals surface area contributed by atoms with Crippen LogP contribution in [-0.2, 0) is 0 Å². The van der Waals surface area contributed by atoms with Crippen LogP contribution in [0.1, 0.15) is 5.56 Å². The molecule has 0 aliphatic heterocycles. The molecular weight excluding hydrogens is 911 g/mol. The topological polar surface area (TPSA) is 103 Å². The van der Waals surface area contributed by atoms with Gasteiger partial charge in [0.05, 0.1) is 56.7 Å². The highest BCUT2D eigenvalue weighted by molar-refractivity contribution is 6.25. The number of para-hydroxylation sites is 4. The largest absolute Gasteiger partial charge is 0.455 e. The van der Waals surface area contributed by atoms with Gasteiger partial charge in [-0.2, -0.15) is 5.26 Å². The van der Waals surface area contributed by atoms with E-state index in [-0.39, 0.29) is 0 Å². The van der Waals surface area contributed by atoms with Gasteiger partial charge in [0.25, 0.3) is 0 Å². The summed E-state index contributed by atoms with van der Waals surface area (Å²) in [5.74, 6) is 1.38. The van der Waals surface area contributed by atoms with Crippen LogP contribution in [0, 0.1) is 17.9 Å². The molecule has 9 heteroatoms. The molecule has 5 heterocycles. The SMILES string of the molecule is [C-]#[N+]c1ccc(-c2nc(-c3ccccc3)nc(-c3ccc(-c4ccc(C#N)cc4)cc3-n3c4ccccc4c4c5oc6ccccc6c5ccc43)n2)c(-n2c3ccccc3c3c4oc5ccccc5c4ccc32)c1. The summed E-state index contributed by atoms with van der Waals surface area (Å²) in [6, 6.07) is 73.7. The lowest BCUT2D eigenvalue weighted by Crippen LogP contribution is -2.05. The molecule has 9 nitrogen and oxygen atoms in total. The monoisotopic (exact) mass is 945 g/mol. The smallest absolute Gasteiger partial charge is 0.189 e. The molecule has 0 bridgehead atoms. The fourth-order valence-corrected chi connectivity index (χ4v) is 11.1. The predicted octanol–water partition coefficient (Wildman–Crippen LogP) is 17.0. The van der Waals surface area contributed by atoms with Crippen LogP contribution in [0.5, 0.6) is 0 Å². The molecule has 0 N–H and O–H groups in total. The first-order chi connectivity index (χ1) is 36.6. The van der Waals surface area contributed by atoms with Crippen molar-refractivity contribution in [2.75, 3.05) is 0 Å². The number of hydrogen-bond acceptors (Lipinski definition) is 6. The summed E-state index contributed by atoms with van der Waals surface area (Å²) in [7, 11) is 0. The molecule has 10 aromatic carbocycles. The van der Waals surface area contributed by atoms with Gasteiger partial charge in [-0.3, -0.25) is 0 Å². The van der Waals surface area contributed by atoms with E-state index in [2.05, 4.69) is 117 Å². The first-order valence-corrected chi connectivity index (χ1v) is 24.3. The molecule has 74 heavy (non-hydrogen) atoms. The number of hydrogen-bond donors (Lipinski definition) is 0. The van der Waals surface area contributed by atoms with Crippen LogP contribution in [0.2, 0.25) is 0 Å². The number of aromatic nitrogens is 5.